The van der Waals surface area contributed by atoms with Crippen LogP contribution in [-0.2, 0) is 11.3 Å². The van der Waals surface area contributed by atoms with Crippen molar-refractivity contribution >= 4 is 11.6 Å². The normalized spacial score (nSPS) is 17.4. The van der Waals surface area contributed by atoms with Gasteiger partial charge in [0.2, 0.25) is 24.4 Å². The lowest BCUT2D eigenvalue weighted by Crippen LogP contribution is -2.40. The van der Waals surface area contributed by atoms with Gasteiger partial charge in [0.1, 0.15) is 0 Å². The van der Waals surface area contributed by atoms with E-state index in [1.165, 1.54) is 0 Å². The maximum Gasteiger partial charge on any atom is 0.241 e. The van der Waals surface area contributed by atoms with Gasteiger partial charge in [-0.1, -0.05) is 5.16 Å². The minimum Gasteiger partial charge on any atom is -0.493 e. The summed E-state index contributed by atoms with van der Waals surface area (Å²) in [5.41, 5.74) is 1.47. The van der Waals surface area contributed by atoms with Crippen LogP contribution in [0.1, 0.15) is 18.7 Å². The molecule has 1 saturated heterocycles. The Morgan fingerprint density at radius 3 is 2.82 bits per heavy atom. The van der Waals surface area contributed by atoms with Crippen LogP contribution in [0.4, 0.5) is 5.69 Å². The first-order valence-electron chi connectivity index (χ1n) is 11.1. The third kappa shape index (κ3) is 4.62. The van der Waals surface area contributed by atoms with Gasteiger partial charge in [-0.2, -0.15) is 4.98 Å². The topological polar surface area (TPSA) is 108 Å². The fourth-order valence-electron chi connectivity index (χ4n) is 4.23. The van der Waals surface area contributed by atoms with Gasteiger partial charge in [0.25, 0.3) is 0 Å². The van der Waals surface area contributed by atoms with E-state index in [2.05, 4.69) is 20.4 Å². The van der Waals surface area contributed by atoms with Crippen molar-refractivity contribution in [2.75, 3.05) is 39.4 Å². The molecule has 10 nitrogen and oxygen atoms in total. The highest BCUT2D eigenvalue weighted by atomic mass is 16.7. The van der Waals surface area contributed by atoms with Crippen molar-refractivity contribution in [1.29, 1.82) is 0 Å². The number of anilines is 1. The highest BCUT2D eigenvalue weighted by Gasteiger charge is 2.27. The second kappa shape index (κ2) is 9.60. The van der Waals surface area contributed by atoms with Gasteiger partial charge in [-0.15, -0.1) is 0 Å². The van der Waals surface area contributed by atoms with E-state index in [0.717, 1.165) is 24.9 Å². The van der Waals surface area contributed by atoms with Gasteiger partial charge in [-0.3, -0.25) is 9.69 Å². The largest absolute Gasteiger partial charge is 0.493 e. The number of nitrogens with one attached hydrogen (secondary N) is 1. The number of methoxy groups -OCH3 is 2. The fourth-order valence-corrected chi connectivity index (χ4v) is 4.23. The number of carbonyl (C=O) groups excluding carboxylic acids is 1. The Morgan fingerprint density at radius 2 is 1.97 bits per heavy atom. The zero-order chi connectivity index (χ0) is 23.5. The zero-order valence-electron chi connectivity index (χ0n) is 19.1. The molecule has 3 aromatic rings. The summed E-state index contributed by atoms with van der Waals surface area (Å²) in [5, 5.41) is 7.11. The molecule has 178 valence electrons. The van der Waals surface area contributed by atoms with Crippen LogP contribution >= 0.6 is 0 Å². The summed E-state index contributed by atoms with van der Waals surface area (Å²) in [6.07, 6.45) is 1.74. The molecule has 0 saturated carbocycles. The van der Waals surface area contributed by atoms with Crippen molar-refractivity contribution < 1.29 is 28.3 Å². The molecule has 0 spiro atoms. The van der Waals surface area contributed by atoms with Crippen LogP contribution in [0.25, 0.3) is 11.4 Å². The van der Waals surface area contributed by atoms with Gasteiger partial charge in [-0.05, 0) is 49.7 Å². The number of rotatable bonds is 7. The Labute approximate surface area is 196 Å². The summed E-state index contributed by atoms with van der Waals surface area (Å²) in [4.78, 5) is 19.6. The number of ether oxygens (including phenoxy) is 4. The Balaban J connectivity index is 1.20. The van der Waals surface area contributed by atoms with Crippen molar-refractivity contribution in [3.63, 3.8) is 0 Å². The molecule has 2 aliphatic heterocycles. The number of fused-ring (bicyclic) bond motifs is 1. The summed E-state index contributed by atoms with van der Waals surface area (Å²) in [5.74, 6) is 3.39. The Hall–Kier alpha value is -3.79. The van der Waals surface area contributed by atoms with Crippen molar-refractivity contribution in [2.24, 2.45) is 5.92 Å². The zero-order valence-corrected chi connectivity index (χ0v) is 19.1. The lowest BCUT2D eigenvalue weighted by atomic mass is 9.97. The molecule has 0 radical (unpaired) electrons. The molecule has 2 aliphatic rings. The monoisotopic (exact) mass is 466 g/mol. The molecule has 5 rings (SSSR count). The first kappa shape index (κ1) is 22.0. The quantitative estimate of drug-likeness (QED) is 0.561. The van der Waals surface area contributed by atoms with Crippen molar-refractivity contribution in [2.45, 2.75) is 19.4 Å². The molecule has 1 aromatic heterocycles. The van der Waals surface area contributed by atoms with E-state index in [9.17, 15) is 4.79 Å². The van der Waals surface area contributed by atoms with Crippen LogP contribution in [0.2, 0.25) is 0 Å². The van der Waals surface area contributed by atoms with Gasteiger partial charge >= 0.3 is 0 Å². The molecule has 2 aromatic carbocycles. The molecule has 1 N–H and O–H groups in total. The molecule has 1 fully saturated rings. The van der Waals surface area contributed by atoms with E-state index >= 15 is 0 Å². The highest BCUT2D eigenvalue weighted by molar-refractivity contribution is 5.93. The third-order valence-electron chi connectivity index (χ3n) is 5.99. The molecule has 34 heavy (non-hydrogen) atoms. The van der Waals surface area contributed by atoms with Crippen molar-refractivity contribution in [1.82, 2.24) is 15.0 Å². The average Bonchev–Trinajstić information content (AvgIpc) is 3.53. The number of piperidine rings is 1. The Bertz CT molecular complexity index is 1180. The van der Waals surface area contributed by atoms with Gasteiger partial charge in [0.05, 0.1) is 26.7 Å². The predicted octanol–water partition coefficient (Wildman–Crippen LogP) is 3.33. The molecule has 1 atom stereocenters. The average molecular weight is 466 g/mol. The molecule has 1 amide bonds. The van der Waals surface area contributed by atoms with E-state index in [1.54, 1.807) is 32.4 Å². The predicted molar refractivity (Wildman–Crippen MR) is 122 cm³/mol. The lowest BCUT2D eigenvalue weighted by Gasteiger charge is -2.30. The molecular formula is C24H26N4O6. The minimum absolute atomic E-state index is 0.0138. The summed E-state index contributed by atoms with van der Waals surface area (Å²) in [6, 6.07) is 10.9. The van der Waals surface area contributed by atoms with Crippen molar-refractivity contribution in [3.8, 4) is 34.4 Å². The second-order valence-electron chi connectivity index (χ2n) is 8.21. The van der Waals surface area contributed by atoms with E-state index in [-0.39, 0.29) is 18.6 Å². The van der Waals surface area contributed by atoms with E-state index in [4.69, 9.17) is 23.5 Å². The number of likely N-dealkylation sites (tertiary alicyclic amines) is 1. The van der Waals surface area contributed by atoms with Crippen LogP contribution in [-0.4, -0.2) is 55.0 Å². The molecule has 10 heteroatoms. The summed E-state index contributed by atoms with van der Waals surface area (Å²) < 4.78 is 26.8. The van der Waals surface area contributed by atoms with E-state index in [0.29, 0.717) is 53.5 Å². The van der Waals surface area contributed by atoms with E-state index < -0.39 is 0 Å². The number of amides is 1. The SMILES string of the molecule is COc1ccc(-c2noc(CN3CCCC(C(=O)Nc4ccc5c(c4)OCO5)C3)n2)cc1OC. The highest BCUT2D eigenvalue weighted by Crippen LogP contribution is 2.35. The fraction of sp³-hybridized carbons (Fsp3) is 0.375. The molecule has 0 bridgehead atoms. The van der Waals surface area contributed by atoms with Gasteiger partial charge < -0.3 is 28.8 Å². The summed E-state index contributed by atoms with van der Waals surface area (Å²) in [7, 11) is 3.17. The first-order chi connectivity index (χ1) is 16.6. The lowest BCUT2D eigenvalue weighted by molar-refractivity contribution is -0.121. The van der Waals surface area contributed by atoms with Crippen LogP contribution in [0.15, 0.2) is 40.9 Å². The number of aromatic nitrogens is 2. The Morgan fingerprint density at radius 1 is 1.12 bits per heavy atom. The Kier molecular flexibility index (Phi) is 6.22. The van der Waals surface area contributed by atoms with Crippen LogP contribution < -0.4 is 24.3 Å². The third-order valence-corrected chi connectivity index (χ3v) is 5.99. The van der Waals surface area contributed by atoms with E-state index in [1.807, 2.05) is 18.2 Å². The number of carbonyl (C=O) groups is 1. The van der Waals surface area contributed by atoms with Crippen molar-refractivity contribution in [3.05, 3.63) is 42.3 Å². The van der Waals surface area contributed by atoms with Crippen LogP contribution in [0, 0.1) is 5.92 Å². The smallest absolute Gasteiger partial charge is 0.241 e. The molecule has 1 unspecified atom stereocenters. The number of hydrogen-bond acceptors (Lipinski definition) is 9. The van der Waals surface area contributed by atoms with Crippen LogP contribution in [0.3, 0.4) is 0 Å². The number of benzene rings is 2. The first-order valence-corrected chi connectivity index (χ1v) is 11.1. The second-order valence-corrected chi connectivity index (χ2v) is 8.21. The van der Waals surface area contributed by atoms with Crippen LogP contribution in [0.5, 0.6) is 23.0 Å². The van der Waals surface area contributed by atoms with Gasteiger partial charge in [0, 0.05) is 23.9 Å². The number of hydrogen-bond donors (Lipinski definition) is 1. The molecule has 3 heterocycles. The molecular weight excluding hydrogens is 440 g/mol. The van der Waals surface area contributed by atoms with Gasteiger partial charge in [-0.25, -0.2) is 0 Å². The number of nitrogens with zero attached hydrogens (tertiary/aromatic N) is 3. The van der Waals surface area contributed by atoms with Gasteiger partial charge in [0.15, 0.2) is 23.0 Å². The summed E-state index contributed by atoms with van der Waals surface area (Å²) in [6.45, 7) is 2.16. The standard InChI is InChI=1S/C24H26N4O6/c1-30-18-7-5-15(10-20(18)31-2)23-26-22(34-27-23)13-28-9-3-4-16(12-28)24(29)25-17-6-8-19-21(11-17)33-14-32-19/h5-8,10-11,16H,3-4,9,12-14H2,1-2H3,(H,25,29). The minimum atomic E-state index is -0.132. The maximum absolute atomic E-state index is 12.9. The molecule has 0 aliphatic carbocycles. The summed E-state index contributed by atoms with van der Waals surface area (Å²) >= 11 is 0. The maximum atomic E-state index is 12.9.